The van der Waals surface area contributed by atoms with Crippen molar-refractivity contribution >= 4 is 31.8 Å². The first-order valence-corrected chi connectivity index (χ1v) is 9.22. The van der Waals surface area contributed by atoms with Crippen LogP contribution in [0.4, 0.5) is 0 Å². The summed E-state index contributed by atoms with van der Waals surface area (Å²) in [7, 11) is -9.67. The third kappa shape index (κ3) is 3.43. The molecule has 0 amide bonds. The van der Waals surface area contributed by atoms with Crippen LogP contribution >= 0.6 is 0 Å². The molecule has 0 atom stereocenters. The van der Waals surface area contributed by atoms with Gasteiger partial charge in [0, 0.05) is 11.1 Å². The zero-order chi connectivity index (χ0) is 17.9. The molecule has 0 aromatic heterocycles. The van der Waals surface area contributed by atoms with Gasteiger partial charge in [0.05, 0.1) is 11.1 Å². The van der Waals surface area contributed by atoms with Gasteiger partial charge in [-0.25, -0.2) is 0 Å². The van der Waals surface area contributed by atoms with E-state index in [0.29, 0.717) is 0 Å². The van der Waals surface area contributed by atoms with E-state index in [9.17, 15) is 35.5 Å². The van der Waals surface area contributed by atoms with E-state index < -0.39 is 52.7 Å². The Labute approximate surface area is 186 Å². The fraction of sp³-hybridized carbons (Fsp3) is 0. The summed E-state index contributed by atoms with van der Waals surface area (Å²) in [5.41, 5.74) is -1.83. The molecule has 2 N–H and O–H groups in total. The van der Waals surface area contributed by atoms with Crippen LogP contribution in [0.25, 0.3) is 0 Å². The van der Waals surface area contributed by atoms with Gasteiger partial charge in [0.2, 0.25) is 0 Å². The first-order valence-electron chi connectivity index (χ1n) is 6.34. The number of ketones is 2. The second-order valence-corrected chi connectivity index (χ2v) is 7.75. The molecule has 0 heterocycles. The van der Waals surface area contributed by atoms with Gasteiger partial charge in [-0.15, -0.1) is 0 Å². The Morgan fingerprint density at radius 3 is 1.36 bits per heavy atom. The van der Waals surface area contributed by atoms with Crippen LogP contribution in [0.2, 0.25) is 0 Å². The van der Waals surface area contributed by atoms with Crippen molar-refractivity contribution in [3.63, 3.8) is 0 Å². The number of rotatable bonds is 2. The monoisotopic (exact) mass is 408 g/mol. The van der Waals surface area contributed by atoms with E-state index in [4.69, 9.17) is 0 Å². The average molecular weight is 408 g/mol. The summed E-state index contributed by atoms with van der Waals surface area (Å²) in [6, 6.07) is 6.55. The first-order chi connectivity index (χ1) is 11.0. The molecule has 0 unspecified atom stereocenters. The van der Waals surface area contributed by atoms with Gasteiger partial charge in [-0.3, -0.25) is 18.7 Å². The molecule has 1 aliphatic carbocycles. The maximum atomic E-state index is 12.7. The molecular weight excluding hydrogens is 399 g/mol. The Morgan fingerprint density at radius 1 is 0.680 bits per heavy atom. The first kappa shape index (κ1) is 20.5. The van der Waals surface area contributed by atoms with Crippen LogP contribution in [0.1, 0.15) is 33.3 Å². The average Bonchev–Trinajstić information content (AvgIpc) is 2.49. The van der Waals surface area contributed by atoms with Gasteiger partial charge in [0.25, 0.3) is 20.2 Å². The molecule has 0 saturated carbocycles. The van der Waals surface area contributed by atoms with Crippen LogP contribution in [-0.4, -0.2) is 37.5 Å². The smallest absolute Gasteiger partial charge is 1.00 e. The van der Waals surface area contributed by atoms with Crippen molar-refractivity contribution in [3.05, 3.63) is 58.7 Å². The van der Waals surface area contributed by atoms with Crippen LogP contribution in [-0.2, 0) is 20.2 Å². The van der Waals surface area contributed by atoms with Crippen LogP contribution < -0.4 is 51.4 Å². The molecule has 0 saturated heterocycles. The molecule has 2 aromatic carbocycles. The zero-order valence-corrected chi connectivity index (χ0v) is 17.4. The predicted molar refractivity (Wildman–Crippen MR) is 80.5 cm³/mol. The van der Waals surface area contributed by atoms with Crippen molar-refractivity contribution in [2.24, 2.45) is 0 Å². The van der Waals surface area contributed by atoms with Gasteiger partial charge < -0.3 is 1.43 Å². The quantitative estimate of drug-likeness (QED) is 0.369. The van der Waals surface area contributed by atoms with Gasteiger partial charge >= 0.3 is 51.4 Å². The minimum atomic E-state index is -4.84. The van der Waals surface area contributed by atoms with Gasteiger partial charge in [-0.2, -0.15) is 16.8 Å². The summed E-state index contributed by atoms with van der Waals surface area (Å²) in [6.07, 6.45) is 0. The summed E-state index contributed by atoms with van der Waals surface area (Å²) in [4.78, 5) is 23.6. The molecule has 11 heteroatoms. The summed E-state index contributed by atoms with van der Waals surface area (Å²) < 4.78 is 64.4. The Hall–Kier alpha value is -0.764. The van der Waals surface area contributed by atoms with Crippen molar-refractivity contribution in [2.45, 2.75) is 9.79 Å². The fourth-order valence-electron chi connectivity index (χ4n) is 2.61. The SMILES string of the molecule is O=C1c2cccc(S(=O)(=O)O)c2C(=O)c2c1cccc2S(=O)(=O)O.[H-].[K+]. The molecule has 0 aliphatic heterocycles. The summed E-state index contributed by atoms with van der Waals surface area (Å²) in [5, 5.41) is 0. The normalized spacial score (nSPS) is 13.7. The number of hydrogen-bond donors (Lipinski definition) is 2. The topological polar surface area (TPSA) is 143 Å². The number of carbonyl (C=O) groups is 2. The Morgan fingerprint density at radius 2 is 1.04 bits per heavy atom. The van der Waals surface area contributed by atoms with Gasteiger partial charge in [0.15, 0.2) is 11.6 Å². The van der Waals surface area contributed by atoms with E-state index >= 15 is 0 Å². The molecule has 126 valence electrons. The molecule has 25 heavy (non-hydrogen) atoms. The minimum Gasteiger partial charge on any atom is -1.00 e. The van der Waals surface area contributed by atoms with Gasteiger partial charge in [-0.1, -0.05) is 24.3 Å². The number of carbonyl (C=O) groups excluding carboxylic acids is 2. The number of benzene rings is 2. The van der Waals surface area contributed by atoms with Crippen molar-refractivity contribution in [3.8, 4) is 0 Å². The fourth-order valence-corrected chi connectivity index (χ4v) is 4.03. The van der Waals surface area contributed by atoms with Gasteiger partial charge in [0.1, 0.15) is 9.79 Å². The second-order valence-electron chi connectivity index (χ2n) is 4.97. The molecule has 3 rings (SSSR count). The van der Waals surface area contributed by atoms with Crippen LogP contribution in [0.5, 0.6) is 0 Å². The summed E-state index contributed by atoms with van der Waals surface area (Å²) in [6.45, 7) is 0. The number of hydrogen-bond acceptors (Lipinski definition) is 6. The van der Waals surface area contributed by atoms with E-state index in [0.717, 1.165) is 12.1 Å². The Balaban J connectivity index is 0.00000169. The maximum absolute atomic E-state index is 12.7. The standard InChI is InChI=1S/C14H8O8S2.K.H/c15-13-7-3-1-5-9(23(17,18)19)11(7)14(16)12-8(13)4-2-6-10(12)24(20,21)22;;/h1-6H,(H,17,18,19)(H,20,21,22);;/q;+1;-1. The summed E-state index contributed by atoms with van der Waals surface area (Å²) >= 11 is 0. The molecule has 0 fully saturated rings. The van der Waals surface area contributed by atoms with Crippen LogP contribution in [0.3, 0.4) is 0 Å². The molecule has 0 radical (unpaired) electrons. The number of fused-ring (bicyclic) bond motifs is 2. The van der Waals surface area contributed by atoms with E-state index in [1.165, 1.54) is 24.3 Å². The molecule has 8 nitrogen and oxygen atoms in total. The van der Waals surface area contributed by atoms with Crippen molar-refractivity contribution in [1.29, 1.82) is 0 Å². The molecular formula is C14H9KO8S2. The second kappa shape index (κ2) is 6.76. The van der Waals surface area contributed by atoms with Crippen molar-refractivity contribution in [1.82, 2.24) is 0 Å². The minimum absolute atomic E-state index is 0. The zero-order valence-electron chi connectivity index (χ0n) is 13.6. The van der Waals surface area contributed by atoms with E-state index in [1.807, 2.05) is 0 Å². The van der Waals surface area contributed by atoms with E-state index in [-0.39, 0.29) is 63.9 Å². The third-order valence-corrected chi connectivity index (χ3v) is 5.34. The third-order valence-electron chi connectivity index (χ3n) is 3.55. The Bertz CT molecular complexity index is 1050. The Kier molecular flexibility index (Phi) is 5.55. The molecule has 0 spiro atoms. The van der Waals surface area contributed by atoms with Crippen molar-refractivity contribution < 1.29 is 88.3 Å². The van der Waals surface area contributed by atoms with Gasteiger partial charge in [-0.05, 0) is 12.1 Å². The molecule has 2 aromatic rings. The summed E-state index contributed by atoms with van der Waals surface area (Å²) in [5.74, 6) is -1.89. The molecule has 1 aliphatic rings. The molecule has 0 bridgehead atoms. The largest absolute Gasteiger partial charge is 1.00 e. The van der Waals surface area contributed by atoms with Crippen LogP contribution in [0, 0.1) is 0 Å². The predicted octanol–water partition coefficient (Wildman–Crippen LogP) is -1.93. The van der Waals surface area contributed by atoms with E-state index in [2.05, 4.69) is 0 Å². The maximum Gasteiger partial charge on any atom is 1.00 e. The van der Waals surface area contributed by atoms with Crippen LogP contribution in [0.15, 0.2) is 46.2 Å². The van der Waals surface area contributed by atoms with E-state index in [1.54, 1.807) is 0 Å². The van der Waals surface area contributed by atoms with Crippen molar-refractivity contribution in [2.75, 3.05) is 0 Å².